The van der Waals surface area contributed by atoms with Crippen LogP contribution in [0.3, 0.4) is 0 Å². The molecule has 0 bridgehead atoms. The monoisotopic (exact) mass is 482 g/mol. The van der Waals surface area contributed by atoms with Gasteiger partial charge in [-0.15, -0.1) is 0 Å². The molecule has 35 heavy (non-hydrogen) atoms. The normalized spacial score (nSPS) is 17.2. The van der Waals surface area contributed by atoms with Gasteiger partial charge in [-0.25, -0.2) is 0 Å². The summed E-state index contributed by atoms with van der Waals surface area (Å²) in [6.45, 7) is 5.28. The predicted molar refractivity (Wildman–Crippen MR) is 134 cm³/mol. The number of amides is 1. The number of hydrogen-bond donors (Lipinski definition) is 1. The van der Waals surface area contributed by atoms with Crippen LogP contribution in [0.4, 0.5) is 0 Å². The van der Waals surface area contributed by atoms with Crippen LogP contribution < -0.4 is 14.2 Å². The molecule has 1 aliphatic heterocycles. The van der Waals surface area contributed by atoms with Gasteiger partial charge < -0.3 is 29.1 Å². The average Bonchev–Trinajstić information content (AvgIpc) is 3.08. The average molecular weight is 483 g/mol. The Balaban J connectivity index is 2.16. The van der Waals surface area contributed by atoms with E-state index in [1.807, 2.05) is 32.8 Å². The fraction of sp³-hybridized carbons (Fsp3) is 0.407. The molecular weight excluding hydrogens is 448 g/mol. The summed E-state index contributed by atoms with van der Waals surface area (Å²) in [5.74, 6) is 0.139. The highest BCUT2D eigenvalue weighted by Gasteiger charge is 2.46. The molecule has 1 fully saturated rings. The topological polar surface area (TPSA) is 88.5 Å². The van der Waals surface area contributed by atoms with E-state index in [-0.39, 0.29) is 11.3 Å². The number of carbonyl (C=O) groups is 2. The van der Waals surface area contributed by atoms with Crippen molar-refractivity contribution in [2.24, 2.45) is 0 Å². The van der Waals surface area contributed by atoms with Crippen molar-refractivity contribution in [3.63, 3.8) is 0 Å². The number of nitrogens with zero attached hydrogens (tertiary/aromatic N) is 2. The van der Waals surface area contributed by atoms with Crippen LogP contribution >= 0.6 is 0 Å². The molecule has 1 atom stereocenters. The van der Waals surface area contributed by atoms with Crippen molar-refractivity contribution in [3.8, 4) is 17.2 Å². The van der Waals surface area contributed by atoms with Crippen LogP contribution in [0.5, 0.6) is 17.2 Å². The highest BCUT2D eigenvalue weighted by atomic mass is 16.5. The van der Waals surface area contributed by atoms with Crippen LogP contribution in [0.1, 0.15) is 36.1 Å². The van der Waals surface area contributed by atoms with E-state index in [1.54, 1.807) is 43.5 Å². The molecule has 2 aromatic carbocycles. The maximum atomic E-state index is 13.3. The van der Waals surface area contributed by atoms with Gasteiger partial charge in [-0.1, -0.05) is 6.07 Å². The number of hydrogen-bond acceptors (Lipinski definition) is 7. The number of Topliss-reactive ketones (excluding diaryl/α,β-unsaturated/α-hetero) is 1. The largest absolute Gasteiger partial charge is 0.507 e. The second kappa shape index (κ2) is 11.3. The number of aliphatic hydroxyl groups excluding tert-OH is 1. The molecular formula is C27H34N2O6. The number of carbonyl (C=O) groups excluding carboxylic acids is 2. The summed E-state index contributed by atoms with van der Waals surface area (Å²) in [4.78, 5) is 30.0. The molecule has 1 saturated heterocycles. The number of methoxy groups -OCH3 is 2. The highest BCUT2D eigenvalue weighted by molar-refractivity contribution is 6.46. The van der Waals surface area contributed by atoms with Crippen molar-refractivity contribution >= 4 is 17.4 Å². The molecule has 0 aromatic heterocycles. The quantitative estimate of drug-likeness (QED) is 0.313. The van der Waals surface area contributed by atoms with Gasteiger partial charge in [0.05, 0.1) is 32.4 Å². The summed E-state index contributed by atoms with van der Waals surface area (Å²) in [5.41, 5.74) is 1.91. The highest BCUT2D eigenvalue weighted by Crippen LogP contribution is 2.42. The Kier molecular flexibility index (Phi) is 8.40. The summed E-state index contributed by atoms with van der Waals surface area (Å²) >= 11 is 0. The van der Waals surface area contributed by atoms with Crippen molar-refractivity contribution in [2.75, 3.05) is 48.0 Å². The number of aliphatic hydroxyl groups is 1. The van der Waals surface area contributed by atoms with Crippen LogP contribution in [0.25, 0.3) is 5.76 Å². The second-order valence-electron chi connectivity index (χ2n) is 8.67. The lowest BCUT2D eigenvalue weighted by atomic mass is 9.93. The summed E-state index contributed by atoms with van der Waals surface area (Å²) in [6.07, 6.45) is 0.673. The number of ether oxygens (including phenoxy) is 3. The molecule has 2 aromatic rings. The van der Waals surface area contributed by atoms with Crippen molar-refractivity contribution in [3.05, 3.63) is 58.7 Å². The standard InChI is InChI=1S/C27H34N2O6/c1-7-35-21-12-9-18(16-22(21)34-6)24-23(25(30)20-11-10-19(33-5)15-17(20)2)26(31)27(32)29(24)14-8-13-28(3)4/h9-12,15-16,24,30H,7-8,13-14H2,1-6H3. The SMILES string of the molecule is CCOc1ccc(C2C(=C(O)c3ccc(OC)cc3C)C(=O)C(=O)N2CCCN(C)C)cc1OC. The minimum atomic E-state index is -0.761. The van der Waals surface area contributed by atoms with Gasteiger partial charge in [0.25, 0.3) is 11.7 Å². The zero-order valence-electron chi connectivity index (χ0n) is 21.3. The second-order valence-corrected chi connectivity index (χ2v) is 8.67. The van der Waals surface area contributed by atoms with Crippen molar-refractivity contribution in [1.82, 2.24) is 9.80 Å². The van der Waals surface area contributed by atoms with Gasteiger partial charge in [0.1, 0.15) is 11.5 Å². The van der Waals surface area contributed by atoms with Crippen molar-refractivity contribution in [1.29, 1.82) is 0 Å². The first kappa shape index (κ1) is 26.1. The van der Waals surface area contributed by atoms with E-state index in [9.17, 15) is 14.7 Å². The molecule has 1 unspecified atom stereocenters. The third kappa shape index (κ3) is 5.43. The van der Waals surface area contributed by atoms with Crippen molar-refractivity contribution in [2.45, 2.75) is 26.3 Å². The maximum absolute atomic E-state index is 13.3. The first-order valence-electron chi connectivity index (χ1n) is 11.6. The fourth-order valence-electron chi connectivity index (χ4n) is 4.32. The molecule has 0 radical (unpaired) electrons. The first-order chi connectivity index (χ1) is 16.7. The smallest absolute Gasteiger partial charge is 0.295 e. The predicted octanol–water partition coefficient (Wildman–Crippen LogP) is 3.78. The third-order valence-corrected chi connectivity index (χ3v) is 6.04. The number of rotatable bonds is 10. The van der Waals surface area contributed by atoms with Gasteiger partial charge in [-0.3, -0.25) is 9.59 Å². The number of likely N-dealkylation sites (tertiary alicyclic amines) is 1. The van der Waals surface area contributed by atoms with Gasteiger partial charge in [-0.2, -0.15) is 0 Å². The van der Waals surface area contributed by atoms with E-state index in [4.69, 9.17) is 14.2 Å². The van der Waals surface area contributed by atoms with Crippen LogP contribution in [-0.2, 0) is 9.59 Å². The van der Waals surface area contributed by atoms with Gasteiger partial charge in [0.15, 0.2) is 11.5 Å². The molecule has 1 heterocycles. The molecule has 1 aliphatic rings. The van der Waals surface area contributed by atoms with Crippen LogP contribution in [0, 0.1) is 6.92 Å². The maximum Gasteiger partial charge on any atom is 0.295 e. The van der Waals surface area contributed by atoms with Gasteiger partial charge in [0.2, 0.25) is 0 Å². The molecule has 8 nitrogen and oxygen atoms in total. The Bertz CT molecular complexity index is 1120. The lowest BCUT2D eigenvalue weighted by Crippen LogP contribution is -2.32. The Labute approximate surface area is 206 Å². The van der Waals surface area contributed by atoms with E-state index in [0.29, 0.717) is 47.9 Å². The number of ketones is 1. The van der Waals surface area contributed by atoms with E-state index >= 15 is 0 Å². The van der Waals surface area contributed by atoms with E-state index in [1.165, 1.54) is 12.0 Å². The molecule has 8 heteroatoms. The van der Waals surface area contributed by atoms with Gasteiger partial charge >= 0.3 is 0 Å². The Hall–Kier alpha value is -3.52. The Morgan fingerprint density at radius 1 is 1.06 bits per heavy atom. The van der Waals surface area contributed by atoms with Crippen LogP contribution in [0.15, 0.2) is 42.0 Å². The van der Waals surface area contributed by atoms with Gasteiger partial charge in [-0.05, 0) is 82.4 Å². The van der Waals surface area contributed by atoms with E-state index in [2.05, 4.69) is 0 Å². The molecule has 0 spiro atoms. The van der Waals surface area contributed by atoms with Crippen LogP contribution in [0.2, 0.25) is 0 Å². The first-order valence-corrected chi connectivity index (χ1v) is 11.6. The molecule has 1 amide bonds. The zero-order chi connectivity index (χ0) is 25.7. The molecule has 0 aliphatic carbocycles. The Morgan fingerprint density at radius 2 is 1.80 bits per heavy atom. The summed E-state index contributed by atoms with van der Waals surface area (Å²) in [7, 11) is 7.01. The lowest BCUT2D eigenvalue weighted by Gasteiger charge is -2.26. The van der Waals surface area contributed by atoms with Crippen molar-refractivity contribution < 1.29 is 28.9 Å². The number of benzene rings is 2. The van der Waals surface area contributed by atoms with E-state index < -0.39 is 17.7 Å². The fourth-order valence-corrected chi connectivity index (χ4v) is 4.32. The summed E-state index contributed by atoms with van der Waals surface area (Å²) in [5, 5.41) is 11.4. The van der Waals surface area contributed by atoms with Gasteiger partial charge in [0, 0.05) is 12.1 Å². The minimum Gasteiger partial charge on any atom is -0.507 e. The van der Waals surface area contributed by atoms with E-state index in [0.717, 1.165) is 12.1 Å². The number of aryl methyl sites for hydroxylation is 1. The minimum absolute atomic E-state index is 0.0549. The zero-order valence-corrected chi connectivity index (χ0v) is 21.3. The Morgan fingerprint density at radius 3 is 2.40 bits per heavy atom. The summed E-state index contributed by atoms with van der Waals surface area (Å²) in [6, 6.07) is 9.74. The molecule has 188 valence electrons. The molecule has 1 N–H and O–H groups in total. The lowest BCUT2D eigenvalue weighted by molar-refractivity contribution is -0.139. The molecule has 0 saturated carbocycles. The third-order valence-electron chi connectivity index (χ3n) is 6.04. The summed E-state index contributed by atoms with van der Waals surface area (Å²) < 4.78 is 16.4. The van der Waals surface area contributed by atoms with Crippen LogP contribution in [-0.4, -0.2) is 74.6 Å². The molecule has 3 rings (SSSR count).